The molecule has 1 aliphatic heterocycles. The van der Waals surface area contributed by atoms with Crippen LogP contribution in [0, 0.1) is 5.92 Å². The summed E-state index contributed by atoms with van der Waals surface area (Å²) in [6, 6.07) is 14.6. The zero-order chi connectivity index (χ0) is 22.8. The van der Waals surface area contributed by atoms with Crippen LogP contribution in [0.15, 0.2) is 48.5 Å². The molecule has 8 heteroatoms. The summed E-state index contributed by atoms with van der Waals surface area (Å²) in [5.41, 5.74) is -1.03. The molecule has 1 heterocycles. The van der Waals surface area contributed by atoms with E-state index >= 15 is 0 Å². The van der Waals surface area contributed by atoms with Crippen molar-refractivity contribution in [2.75, 3.05) is 46.2 Å². The van der Waals surface area contributed by atoms with Gasteiger partial charge in [-0.05, 0) is 30.2 Å². The number of carboxylic acids is 1. The van der Waals surface area contributed by atoms with Crippen molar-refractivity contribution in [2.24, 2.45) is 5.92 Å². The number of rotatable bonds is 4. The number of ether oxygens (including phenoxy) is 6. The molecule has 0 saturated heterocycles. The molecule has 32 heavy (non-hydrogen) atoms. The van der Waals surface area contributed by atoms with E-state index in [-0.39, 0.29) is 19.1 Å². The maximum Gasteiger partial charge on any atom is 0.329 e. The number of carbonyl (C=O) groups is 1. The Hall–Kier alpha value is -2.97. The van der Waals surface area contributed by atoms with Crippen LogP contribution < -0.4 is 18.9 Å². The van der Waals surface area contributed by atoms with Crippen molar-refractivity contribution in [1.82, 2.24) is 0 Å². The third-order valence-corrected chi connectivity index (χ3v) is 5.15. The molecule has 1 N–H and O–H groups in total. The second kappa shape index (κ2) is 11.6. The van der Waals surface area contributed by atoms with E-state index in [1.165, 1.54) is 0 Å². The maximum absolute atomic E-state index is 11.3. The van der Waals surface area contributed by atoms with Gasteiger partial charge in [0, 0.05) is 0 Å². The molecule has 0 amide bonds. The summed E-state index contributed by atoms with van der Waals surface area (Å²) in [5, 5.41) is 9.23. The fraction of sp³-hybridized carbons (Fsp3) is 0.458. The van der Waals surface area contributed by atoms with Crippen LogP contribution in [0.2, 0.25) is 0 Å². The first kappa shape index (κ1) is 23.7. The Kier molecular flexibility index (Phi) is 8.58. The Morgan fingerprint density at radius 2 is 1.28 bits per heavy atom. The number of aliphatic carboxylic acids is 1. The van der Waals surface area contributed by atoms with Gasteiger partial charge in [-0.15, -0.1) is 0 Å². The summed E-state index contributed by atoms with van der Waals surface area (Å²) < 4.78 is 35.3. The summed E-state index contributed by atoms with van der Waals surface area (Å²) in [6.07, 6.45) is 0. The van der Waals surface area contributed by atoms with Gasteiger partial charge < -0.3 is 33.5 Å². The van der Waals surface area contributed by atoms with Gasteiger partial charge in [-0.3, -0.25) is 0 Å². The molecule has 0 fully saturated rings. The van der Waals surface area contributed by atoms with E-state index in [9.17, 15) is 9.90 Å². The number of hydrogen-bond donors (Lipinski definition) is 1. The molecule has 0 aliphatic carbocycles. The number of hydrogen-bond acceptors (Lipinski definition) is 7. The van der Waals surface area contributed by atoms with Gasteiger partial charge in [0.1, 0.15) is 38.6 Å². The zero-order valence-corrected chi connectivity index (χ0v) is 18.5. The van der Waals surface area contributed by atoms with Gasteiger partial charge in [-0.1, -0.05) is 38.1 Å². The molecule has 0 aromatic heterocycles. The molecular formula is C24H30O8. The van der Waals surface area contributed by atoms with Crippen LogP contribution in [0.25, 0.3) is 0 Å². The smallest absolute Gasteiger partial charge is 0.329 e. The molecule has 0 radical (unpaired) electrons. The van der Waals surface area contributed by atoms with Crippen LogP contribution >= 0.6 is 0 Å². The van der Waals surface area contributed by atoms with Gasteiger partial charge in [-0.2, -0.15) is 0 Å². The standard InChI is InChI=1S/C24H30O8/c1-18(2)24(32-15-23(25)26)16-30-21-9-5-3-7-19(21)28-13-11-27-12-14-29-20-8-4-6-10-22(20)31-17-24/h3-10,18H,11-17H2,1-2H3,(H,25,26). The molecule has 174 valence electrons. The molecule has 0 spiro atoms. The molecular weight excluding hydrogens is 416 g/mol. The van der Waals surface area contributed by atoms with Crippen LogP contribution in [-0.4, -0.2) is 62.9 Å². The molecule has 2 aromatic rings. The number of benzene rings is 2. The van der Waals surface area contributed by atoms with Gasteiger partial charge >= 0.3 is 5.97 Å². The number of carboxylic acid groups (broad SMARTS) is 1. The lowest BCUT2D eigenvalue weighted by atomic mass is 9.91. The van der Waals surface area contributed by atoms with Crippen LogP contribution in [0.5, 0.6) is 23.0 Å². The number of para-hydroxylation sites is 4. The highest BCUT2D eigenvalue weighted by molar-refractivity contribution is 5.68. The highest BCUT2D eigenvalue weighted by Gasteiger charge is 2.38. The Morgan fingerprint density at radius 1 is 0.844 bits per heavy atom. The molecule has 1 aliphatic rings. The lowest BCUT2D eigenvalue weighted by molar-refractivity contribution is -0.162. The topological polar surface area (TPSA) is 92.7 Å². The van der Waals surface area contributed by atoms with Gasteiger partial charge in [-0.25, -0.2) is 4.79 Å². The summed E-state index contributed by atoms with van der Waals surface area (Å²) in [5.74, 6) is 1.03. The SMILES string of the molecule is CC(C)C1(OCC(=O)O)COc2ccccc2OCCOCCOc2ccccc2OC1. The first-order valence-electron chi connectivity index (χ1n) is 10.6. The van der Waals surface area contributed by atoms with Crippen molar-refractivity contribution in [3.8, 4) is 23.0 Å². The average molecular weight is 446 g/mol. The first-order chi connectivity index (χ1) is 15.5. The van der Waals surface area contributed by atoms with E-state index in [0.29, 0.717) is 49.4 Å². The van der Waals surface area contributed by atoms with E-state index in [0.717, 1.165) is 0 Å². The molecule has 2 aromatic carbocycles. The zero-order valence-electron chi connectivity index (χ0n) is 18.5. The molecule has 8 nitrogen and oxygen atoms in total. The summed E-state index contributed by atoms with van der Waals surface area (Å²) in [4.78, 5) is 11.3. The predicted octanol–water partition coefficient (Wildman–Crippen LogP) is 3.43. The Morgan fingerprint density at radius 3 is 1.69 bits per heavy atom. The van der Waals surface area contributed by atoms with Crippen molar-refractivity contribution < 1.29 is 38.3 Å². The van der Waals surface area contributed by atoms with Crippen LogP contribution in [0.1, 0.15) is 13.8 Å². The molecule has 0 saturated carbocycles. The molecule has 0 atom stereocenters. The van der Waals surface area contributed by atoms with E-state index in [4.69, 9.17) is 28.4 Å². The summed E-state index contributed by atoms with van der Waals surface area (Å²) in [7, 11) is 0. The third-order valence-electron chi connectivity index (χ3n) is 5.15. The van der Waals surface area contributed by atoms with E-state index in [1.54, 1.807) is 12.1 Å². The lowest BCUT2D eigenvalue weighted by Crippen LogP contribution is -2.50. The second-order valence-electron chi connectivity index (χ2n) is 7.68. The maximum atomic E-state index is 11.3. The quantitative estimate of drug-likeness (QED) is 0.764. The molecule has 0 unspecified atom stereocenters. The van der Waals surface area contributed by atoms with E-state index < -0.39 is 18.2 Å². The monoisotopic (exact) mass is 446 g/mol. The van der Waals surface area contributed by atoms with Crippen molar-refractivity contribution in [1.29, 1.82) is 0 Å². The Labute approximate surface area is 187 Å². The van der Waals surface area contributed by atoms with Crippen molar-refractivity contribution in [3.05, 3.63) is 48.5 Å². The fourth-order valence-electron chi connectivity index (χ4n) is 3.13. The Balaban J connectivity index is 1.90. The second-order valence-corrected chi connectivity index (χ2v) is 7.68. The number of fused-ring (bicyclic) bond motifs is 2. The predicted molar refractivity (Wildman–Crippen MR) is 117 cm³/mol. The van der Waals surface area contributed by atoms with E-state index in [1.807, 2.05) is 50.2 Å². The summed E-state index contributed by atoms with van der Waals surface area (Å²) >= 11 is 0. The van der Waals surface area contributed by atoms with Gasteiger partial charge in [0.05, 0.1) is 13.2 Å². The first-order valence-corrected chi connectivity index (χ1v) is 10.6. The molecule has 3 rings (SSSR count). The van der Waals surface area contributed by atoms with Crippen LogP contribution in [0.4, 0.5) is 0 Å². The van der Waals surface area contributed by atoms with Gasteiger partial charge in [0.15, 0.2) is 23.0 Å². The highest BCUT2D eigenvalue weighted by atomic mass is 16.6. The average Bonchev–Trinajstić information content (AvgIpc) is 2.78. The van der Waals surface area contributed by atoms with Gasteiger partial charge in [0.25, 0.3) is 0 Å². The van der Waals surface area contributed by atoms with Crippen molar-refractivity contribution in [2.45, 2.75) is 19.4 Å². The van der Waals surface area contributed by atoms with Crippen molar-refractivity contribution in [3.63, 3.8) is 0 Å². The third kappa shape index (κ3) is 6.51. The minimum Gasteiger partial charge on any atom is -0.487 e. The minimum atomic E-state index is -1.07. The summed E-state index contributed by atoms with van der Waals surface area (Å²) in [6.45, 7) is 5.04. The van der Waals surface area contributed by atoms with Crippen LogP contribution in [-0.2, 0) is 14.3 Å². The minimum absolute atomic E-state index is 0.0673. The van der Waals surface area contributed by atoms with Crippen LogP contribution in [0.3, 0.4) is 0 Å². The largest absolute Gasteiger partial charge is 0.487 e. The fourth-order valence-corrected chi connectivity index (χ4v) is 3.13. The van der Waals surface area contributed by atoms with Gasteiger partial charge in [0.2, 0.25) is 0 Å². The Bertz CT molecular complexity index is 811. The molecule has 0 bridgehead atoms. The normalized spacial score (nSPS) is 17.0. The highest BCUT2D eigenvalue weighted by Crippen LogP contribution is 2.32. The van der Waals surface area contributed by atoms with E-state index in [2.05, 4.69) is 0 Å². The van der Waals surface area contributed by atoms with Crippen molar-refractivity contribution >= 4 is 5.97 Å². The lowest BCUT2D eigenvalue weighted by Gasteiger charge is -2.36.